The molecule has 0 N–H and O–H groups in total. The zero-order valence-corrected chi connectivity index (χ0v) is 14.8. The van der Waals surface area contributed by atoms with E-state index >= 15 is 0 Å². The van der Waals surface area contributed by atoms with Gasteiger partial charge in [0.2, 0.25) is 5.91 Å². The van der Waals surface area contributed by atoms with Crippen molar-refractivity contribution in [3.63, 3.8) is 0 Å². The molecule has 0 aliphatic carbocycles. The zero-order valence-electron chi connectivity index (χ0n) is 14.8. The maximum absolute atomic E-state index is 13.0. The number of nitrogens with zero attached hydrogens (tertiary/aromatic N) is 6. The fourth-order valence-corrected chi connectivity index (χ4v) is 3.84. The molecule has 146 valence electrons. The molecule has 2 aliphatic heterocycles. The van der Waals surface area contributed by atoms with Gasteiger partial charge in [-0.05, 0) is 43.7 Å². The van der Waals surface area contributed by atoms with Crippen LogP contribution in [0.25, 0.3) is 5.65 Å². The summed E-state index contributed by atoms with van der Waals surface area (Å²) in [4.78, 5) is 15.9. The van der Waals surface area contributed by atoms with E-state index in [0.717, 1.165) is 43.3 Å². The van der Waals surface area contributed by atoms with E-state index in [1.807, 2.05) is 9.80 Å². The molecule has 2 saturated heterocycles. The smallest absolute Gasteiger partial charge is 0.355 e. The second-order valence-corrected chi connectivity index (χ2v) is 7.21. The van der Waals surface area contributed by atoms with E-state index in [4.69, 9.17) is 0 Å². The molecule has 0 aromatic carbocycles. The Hall–Kier alpha value is -2.39. The molecular formula is C17H21F3N6O. The Bertz CT molecular complexity index is 828. The van der Waals surface area contributed by atoms with Gasteiger partial charge in [0.15, 0.2) is 5.65 Å². The molecule has 7 nitrogen and oxygen atoms in total. The van der Waals surface area contributed by atoms with E-state index in [2.05, 4.69) is 15.3 Å². The van der Waals surface area contributed by atoms with Gasteiger partial charge in [-0.3, -0.25) is 4.79 Å². The SMILES string of the molecule is O=C1CCCCN1CC1CCN(c2ccc3nnc(C(F)(F)F)n3n2)CC1. The number of halogens is 3. The van der Waals surface area contributed by atoms with Gasteiger partial charge >= 0.3 is 6.18 Å². The van der Waals surface area contributed by atoms with Gasteiger partial charge in [0.1, 0.15) is 5.82 Å². The Kier molecular flexibility index (Phi) is 4.65. The van der Waals surface area contributed by atoms with Gasteiger partial charge in [0, 0.05) is 32.6 Å². The summed E-state index contributed by atoms with van der Waals surface area (Å²) in [6.45, 7) is 3.03. The van der Waals surface area contributed by atoms with Crippen LogP contribution in [0.1, 0.15) is 37.9 Å². The quantitative estimate of drug-likeness (QED) is 0.815. The molecule has 0 saturated carbocycles. The van der Waals surface area contributed by atoms with Crippen LogP contribution in [0, 0.1) is 5.92 Å². The minimum atomic E-state index is -4.60. The Labute approximate surface area is 154 Å². The molecule has 4 heterocycles. The molecule has 0 atom stereocenters. The number of likely N-dealkylation sites (tertiary alicyclic amines) is 1. The van der Waals surface area contributed by atoms with Crippen molar-refractivity contribution in [1.29, 1.82) is 0 Å². The van der Waals surface area contributed by atoms with Crippen molar-refractivity contribution in [1.82, 2.24) is 24.7 Å². The van der Waals surface area contributed by atoms with Crippen LogP contribution in [0.15, 0.2) is 12.1 Å². The monoisotopic (exact) mass is 382 g/mol. The number of carbonyl (C=O) groups excluding carboxylic acids is 1. The van der Waals surface area contributed by atoms with Crippen LogP contribution in [-0.4, -0.2) is 56.8 Å². The summed E-state index contributed by atoms with van der Waals surface area (Å²) in [5, 5.41) is 10.8. The van der Waals surface area contributed by atoms with Crippen molar-refractivity contribution in [2.45, 2.75) is 38.3 Å². The fraction of sp³-hybridized carbons (Fsp3) is 0.647. The number of carbonyl (C=O) groups is 1. The number of aromatic nitrogens is 4. The molecule has 0 radical (unpaired) electrons. The van der Waals surface area contributed by atoms with E-state index in [0.29, 0.717) is 31.2 Å². The minimum Gasteiger partial charge on any atom is -0.355 e. The molecule has 0 unspecified atom stereocenters. The summed E-state index contributed by atoms with van der Waals surface area (Å²) < 4.78 is 39.8. The second kappa shape index (κ2) is 6.97. The fourth-order valence-electron chi connectivity index (χ4n) is 3.84. The molecule has 0 bridgehead atoms. The minimum absolute atomic E-state index is 0.0737. The summed E-state index contributed by atoms with van der Waals surface area (Å²) in [6.07, 6.45) is -0.141. The Morgan fingerprint density at radius 3 is 2.56 bits per heavy atom. The number of piperidine rings is 2. The van der Waals surface area contributed by atoms with Crippen LogP contribution in [0.2, 0.25) is 0 Å². The molecule has 2 aliphatic rings. The Balaban J connectivity index is 1.42. The number of alkyl halides is 3. The lowest BCUT2D eigenvalue weighted by Crippen LogP contribution is -2.43. The summed E-state index contributed by atoms with van der Waals surface area (Å²) in [6, 6.07) is 3.18. The third kappa shape index (κ3) is 3.70. The lowest BCUT2D eigenvalue weighted by atomic mass is 9.95. The van der Waals surface area contributed by atoms with E-state index < -0.39 is 12.0 Å². The van der Waals surface area contributed by atoms with Crippen LogP contribution in [-0.2, 0) is 11.0 Å². The molecule has 0 spiro atoms. The van der Waals surface area contributed by atoms with Crippen molar-refractivity contribution in [2.24, 2.45) is 5.92 Å². The predicted molar refractivity (Wildman–Crippen MR) is 91.2 cm³/mol. The van der Waals surface area contributed by atoms with Gasteiger partial charge in [-0.15, -0.1) is 15.3 Å². The van der Waals surface area contributed by atoms with Gasteiger partial charge in [-0.1, -0.05) is 0 Å². The standard InChI is InChI=1S/C17H21F3N6O/c18-17(19,20)16-22-21-13-4-5-14(23-26(13)16)24-9-6-12(7-10-24)11-25-8-2-1-3-15(25)27/h4-5,12H,1-3,6-11H2. The topological polar surface area (TPSA) is 66.6 Å². The molecule has 2 aromatic heterocycles. The van der Waals surface area contributed by atoms with Gasteiger partial charge in [-0.25, -0.2) is 0 Å². The lowest BCUT2D eigenvalue weighted by Gasteiger charge is -2.36. The predicted octanol–water partition coefficient (Wildman–Crippen LogP) is 2.37. The largest absolute Gasteiger partial charge is 0.453 e. The van der Waals surface area contributed by atoms with Crippen LogP contribution in [0.3, 0.4) is 0 Å². The summed E-state index contributed by atoms with van der Waals surface area (Å²) in [5.74, 6) is 0.0360. The normalized spacial score (nSPS) is 19.9. The van der Waals surface area contributed by atoms with E-state index in [1.54, 1.807) is 6.07 Å². The number of anilines is 1. The highest BCUT2D eigenvalue weighted by Crippen LogP contribution is 2.29. The second-order valence-electron chi connectivity index (χ2n) is 7.21. The van der Waals surface area contributed by atoms with E-state index in [1.165, 1.54) is 6.07 Å². The Morgan fingerprint density at radius 2 is 1.85 bits per heavy atom. The molecular weight excluding hydrogens is 361 g/mol. The molecule has 2 aromatic rings. The third-order valence-corrected chi connectivity index (χ3v) is 5.34. The van der Waals surface area contributed by atoms with Gasteiger partial charge < -0.3 is 9.80 Å². The average molecular weight is 382 g/mol. The van der Waals surface area contributed by atoms with Crippen molar-refractivity contribution >= 4 is 17.4 Å². The van der Waals surface area contributed by atoms with Crippen molar-refractivity contribution in [3.8, 4) is 0 Å². The van der Waals surface area contributed by atoms with Gasteiger partial charge in [0.25, 0.3) is 5.82 Å². The number of fused-ring (bicyclic) bond motifs is 1. The van der Waals surface area contributed by atoms with E-state index in [9.17, 15) is 18.0 Å². The van der Waals surface area contributed by atoms with Crippen molar-refractivity contribution in [3.05, 3.63) is 18.0 Å². The summed E-state index contributed by atoms with van der Waals surface area (Å²) in [5.41, 5.74) is 0.0737. The van der Waals surface area contributed by atoms with Gasteiger partial charge in [0.05, 0.1) is 0 Å². The first kappa shape index (κ1) is 18.0. The first-order valence-electron chi connectivity index (χ1n) is 9.24. The van der Waals surface area contributed by atoms with Crippen LogP contribution < -0.4 is 4.90 Å². The number of amides is 1. The molecule has 1 amide bonds. The first-order chi connectivity index (χ1) is 12.9. The van der Waals surface area contributed by atoms with Crippen molar-refractivity contribution < 1.29 is 18.0 Å². The first-order valence-corrected chi connectivity index (χ1v) is 9.24. The van der Waals surface area contributed by atoms with E-state index in [-0.39, 0.29) is 11.6 Å². The number of hydrogen-bond acceptors (Lipinski definition) is 5. The summed E-state index contributed by atoms with van der Waals surface area (Å²) in [7, 11) is 0. The number of hydrogen-bond donors (Lipinski definition) is 0. The van der Waals surface area contributed by atoms with Crippen LogP contribution in [0.4, 0.5) is 19.0 Å². The highest BCUT2D eigenvalue weighted by molar-refractivity contribution is 5.76. The van der Waals surface area contributed by atoms with Crippen molar-refractivity contribution in [2.75, 3.05) is 31.1 Å². The third-order valence-electron chi connectivity index (χ3n) is 5.34. The number of rotatable bonds is 3. The average Bonchev–Trinajstić information content (AvgIpc) is 3.08. The highest BCUT2D eigenvalue weighted by Gasteiger charge is 2.38. The van der Waals surface area contributed by atoms with Gasteiger partial charge in [-0.2, -0.15) is 17.7 Å². The molecule has 27 heavy (non-hydrogen) atoms. The molecule has 2 fully saturated rings. The molecule has 4 rings (SSSR count). The van der Waals surface area contributed by atoms with Crippen LogP contribution >= 0.6 is 0 Å². The highest BCUT2D eigenvalue weighted by atomic mass is 19.4. The maximum atomic E-state index is 13.0. The molecule has 10 heteroatoms. The zero-order chi connectivity index (χ0) is 19.0. The lowest BCUT2D eigenvalue weighted by molar-refractivity contribution is -0.146. The Morgan fingerprint density at radius 1 is 1.07 bits per heavy atom. The van der Waals surface area contributed by atoms with Crippen LogP contribution in [0.5, 0.6) is 0 Å². The maximum Gasteiger partial charge on any atom is 0.453 e. The summed E-state index contributed by atoms with van der Waals surface area (Å²) >= 11 is 0.